The van der Waals surface area contributed by atoms with Gasteiger partial charge in [-0.05, 0) is 25.9 Å². The van der Waals surface area contributed by atoms with Gasteiger partial charge in [0.05, 0.1) is 19.0 Å². The fourth-order valence-corrected chi connectivity index (χ4v) is 3.06. The number of nitrogens with one attached hydrogen (secondary N) is 2. The smallest absolute Gasteiger partial charge is 0.244 e. The number of hydrogen-bond acceptors (Lipinski definition) is 5. The summed E-state index contributed by atoms with van der Waals surface area (Å²) in [5.41, 5.74) is 2.94. The van der Waals surface area contributed by atoms with Crippen molar-refractivity contribution in [1.82, 2.24) is 15.8 Å². The number of morpholine rings is 1. The minimum Gasteiger partial charge on any atom is -0.379 e. The van der Waals surface area contributed by atoms with Gasteiger partial charge in [-0.2, -0.15) is 0 Å². The van der Waals surface area contributed by atoms with E-state index in [2.05, 4.69) is 10.7 Å². The zero-order chi connectivity index (χ0) is 11.9. The number of hydrazine groups is 1. The number of rotatable bonds is 4. The molecular weight excluding hydrogens is 238 g/mol. The molecule has 0 aromatic rings. The summed E-state index contributed by atoms with van der Waals surface area (Å²) in [6, 6.07) is 0. The summed E-state index contributed by atoms with van der Waals surface area (Å²) in [4.78, 5) is 11.7. The third-order valence-electron chi connectivity index (χ3n) is 3.03. The van der Waals surface area contributed by atoms with Gasteiger partial charge in [0, 0.05) is 18.3 Å². The Morgan fingerprint density at radius 1 is 1.35 bits per heavy atom. The molecule has 0 radical (unpaired) electrons. The quantitative estimate of drug-likeness (QED) is 0.734. The van der Waals surface area contributed by atoms with Gasteiger partial charge >= 0.3 is 0 Å². The van der Waals surface area contributed by atoms with E-state index in [1.54, 1.807) is 11.8 Å². The zero-order valence-electron chi connectivity index (χ0n) is 10.1. The Kier molecular flexibility index (Phi) is 5.57. The van der Waals surface area contributed by atoms with Crippen LogP contribution in [0.4, 0.5) is 0 Å². The topological polar surface area (TPSA) is 53.6 Å². The van der Waals surface area contributed by atoms with Crippen molar-refractivity contribution in [1.29, 1.82) is 0 Å². The third-order valence-corrected chi connectivity index (χ3v) is 4.40. The summed E-state index contributed by atoms with van der Waals surface area (Å²) in [6.45, 7) is 5.18. The molecule has 2 heterocycles. The Balaban J connectivity index is 1.59. The number of ether oxygens (including phenoxy) is 1. The molecule has 2 aliphatic heterocycles. The molecule has 6 heteroatoms. The standard InChI is InChI=1S/C11H21N3O2S/c15-11(13-14-5-7-16-8-6-14)9-17-10-1-3-12-4-2-10/h10,12H,1-9H2,(H,13,15). The van der Waals surface area contributed by atoms with E-state index in [0.717, 1.165) is 26.2 Å². The number of nitrogens with zero attached hydrogens (tertiary/aromatic N) is 1. The van der Waals surface area contributed by atoms with Crippen molar-refractivity contribution in [2.75, 3.05) is 45.1 Å². The first-order valence-electron chi connectivity index (χ1n) is 6.29. The van der Waals surface area contributed by atoms with Gasteiger partial charge in [0.2, 0.25) is 5.91 Å². The molecule has 98 valence electrons. The van der Waals surface area contributed by atoms with Crippen molar-refractivity contribution in [3.05, 3.63) is 0 Å². The highest BCUT2D eigenvalue weighted by Crippen LogP contribution is 2.19. The molecule has 2 saturated heterocycles. The molecule has 5 nitrogen and oxygen atoms in total. The van der Waals surface area contributed by atoms with Crippen molar-refractivity contribution < 1.29 is 9.53 Å². The minimum atomic E-state index is 0.121. The summed E-state index contributed by atoms with van der Waals surface area (Å²) in [5.74, 6) is 0.692. The summed E-state index contributed by atoms with van der Waals surface area (Å²) in [7, 11) is 0. The first kappa shape index (κ1) is 13.1. The number of hydrogen-bond donors (Lipinski definition) is 2. The van der Waals surface area contributed by atoms with Crippen LogP contribution in [0.5, 0.6) is 0 Å². The largest absolute Gasteiger partial charge is 0.379 e. The van der Waals surface area contributed by atoms with Crippen LogP contribution in [-0.4, -0.2) is 61.3 Å². The highest BCUT2D eigenvalue weighted by Gasteiger charge is 2.17. The first-order chi connectivity index (χ1) is 8.34. The van der Waals surface area contributed by atoms with Gasteiger partial charge in [-0.1, -0.05) is 0 Å². The van der Waals surface area contributed by atoms with Crippen LogP contribution in [-0.2, 0) is 9.53 Å². The average molecular weight is 259 g/mol. The van der Waals surface area contributed by atoms with Crippen LogP contribution in [0.25, 0.3) is 0 Å². The molecule has 0 unspecified atom stereocenters. The molecule has 0 spiro atoms. The van der Waals surface area contributed by atoms with Crippen LogP contribution in [0, 0.1) is 0 Å². The summed E-state index contributed by atoms with van der Waals surface area (Å²) in [6.07, 6.45) is 2.35. The Bertz CT molecular complexity index is 241. The molecule has 0 aromatic carbocycles. The van der Waals surface area contributed by atoms with Gasteiger partial charge < -0.3 is 10.1 Å². The minimum absolute atomic E-state index is 0.121. The van der Waals surface area contributed by atoms with E-state index in [9.17, 15) is 4.79 Å². The molecule has 0 aromatic heterocycles. The lowest BCUT2D eigenvalue weighted by Crippen LogP contribution is -2.49. The van der Waals surface area contributed by atoms with Crippen LogP contribution in [0.1, 0.15) is 12.8 Å². The van der Waals surface area contributed by atoms with Gasteiger partial charge in [-0.25, -0.2) is 5.01 Å². The van der Waals surface area contributed by atoms with Gasteiger partial charge in [0.25, 0.3) is 0 Å². The van der Waals surface area contributed by atoms with Crippen molar-refractivity contribution in [2.24, 2.45) is 0 Å². The Morgan fingerprint density at radius 2 is 2.06 bits per heavy atom. The fraction of sp³-hybridized carbons (Fsp3) is 0.909. The molecule has 0 atom stereocenters. The highest BCUT2D eigenvalue weighted by atomic mass is 32.2. The predicted octanol–water partition coefficient (Wildman–Crippen LogP) is -0.165. The molecule has 2 aliphatic rings. The van der Waals surface area contributed by atoms with E-state index in [4.69, 9.17) is 4.74 Å². The number of piperidine rings is 1. The lowest BCUT2D eigenvalue weighted by molar-refractivity contribution is -0.125. The second kappa shape index (κ2) is 7.20. The van der Waals surface area contributed by atoms with Crippen LogP contribution in [0.3, 0.4) is 0 Å². The molecule has 0 bridgehead atoms. The van der Waals surface area contributed by atoms with E-state index in [1.165, 1.54) is 12.8 Å². The fourth-order valence-electron chi connectivity index (χ4n) is 2.04. The van der Waals surface area contributed by atoms with Gasteiger partial charge in [0.1, 0.15) is 0 Å². The predicted molar refractivity (Wildman–Crippen MR) is 68.9 cm³/mol. The van der Waals surface area contributed by atoms with Crippen molar-refractivity contribution in [3.8, 4) is 0 Å². The monoisotopic (exact) mass is 259 g/mol. The second-order valence-electron chi connectivity index (χ2n) is 4.39. The number of thioether (sulfide) groups is 1. The van der Waals surface area contributed by atoms with Gasteiger partial charge in [-0.3, -0.25) is 10.2 Å². The molecule has 0 aliphatic carbocycles. The van der Waals surface area contributed by atoms with E-state index < -0.39 is 0 Å². The molecule has 17 heavy (non-hydrogen) atoms. The van der Waals surface area contributed by atoms with Crippen molar-refractivity contribution in [2.45, 2.75) is 18.1 Å². The maximum Gasteiger partial charge on any atom is 0.244 e. The van der Waals surface area contributed by atoms with Gasteiger partial charge in [-0.15, -0.1) is 11.8 Å². The van der Waals surface area contributed by atoms with Gasteiger partial charge in [0.15, 0.2) is 0 Å². The van der Waals surface area contributed by atoms with E-state index in [1.807, 2.05) is 5.01 Å². The molecule has 2 fully saturated rings. The van der Waals surface area contributed by atoms with Crippen LogP contribution >= 0.6 is 11.8 Å². The maximum absolute atomic E-state index is 11.7. The highest BCUT2D eigenvalue weighted by molar-refractivity contribution is 8.00. The maximum atomic E-state index is 11.7. The molecule has 2 N–H and O–H groups in total. The molecular formula is C11H21N3O2S. The lowest BCUT2D eigenvalue weighted by Gasteiger charge is -2.27. The molecule has 0 saturated carbocycles. The summed E-state index contributed by atoms with van der Waals surface area (Å²) < 4.78 is 5.23. The molecule has 2 rings (SSSR count). The van der Waals surface area contributed by atoms with Crippen molar-refractivity contribution >= 4 is 17.7 Å². The normalized spacial score (nSPS) is 23.5. The van der Waals surface area contributed by atoms with E-state index in [0.29, 0.717) is 24.2 Å². The lowest BCUT2D eigenvalue weighted by atomic mass is 10.2. The zero-order valence-corrected chi connectivity index (χ0v) is 10.9. The summed E-state index contributed by atoms with van der Waals surface area (Å²) in [5, 5.41) is 5.93. The SMILES string of the molecule is O=C(CSC1CCNCC1)NN1CCOCC1. The Morgan fingerprint density at radius 3 is 2.76 bits per heavy atom. The number of carbonyl (C=O) groups is 1. The van der Waals surface area contributed by atoms with E-state index >= 15 is 0 Å². The Labute approximate surface area is 107 Å². The van der Waals surface area contributed by atoms with E-state index in [-0.39, 0.29) is 5.91 Å². The van der Waals surface area contributed by atoms with Crippen LogP contribution in [0.15, 0.2) is 0 Å². The number of carbonyl (C=O) groups excluding carboxylic acids is 1. The van der Waals surface area contributed by atoms with Crippen molar-refractivity contribution in [3.63, 3.8) is 0 Å². The summed E-state index contributed by atoms with van der Waals surface area (Å²) >= 11 is 1.78. The third kappa shape index (κ3) is 4.83. The van der Waals surface area contributed by atoms with Crippen LogP contribution < -0.4 is 10.7 Å². The second-order valence-corrected chi connectivity index (χ2v) is 5.68. The molecule has 1 amide bonds. The van der Waals surface area contributed by atoms with Crippen LogP contribution in [0.2, 0.25) is 0 Å². The average Bonchev–Trinajstić information content (AvgIpc) is 2.39. The first-order valence-corrected chi connectivity index (χ1v) is 7.34. The Hall–Kier alpha value is -0.300. The number of amides is 1.